The first kappa shape index (κ1) is 27.2. The van der Waals surface area contributed by atoms with Gasteiger partial charge in [0.25, 0.3) is 0 Å². The van der Waals surface area contributed by atoms with Crippen molar-refractivity contribution in [3.63, 3.8) is 0 Å². The second kappa shape index (κ2) is 12.2. The fourth-order valence-corrected chi connectivity index (χ4v) is 5.97. The molecule has 39 heavy (non-hydrogen) atoms. The van der Waals surface area contributed by atoms with Gasteiger partial charge in [-0.1, -0.05) is 11.3 Å². The van der Waals surface area contributed by atoms with Gasteiger partial charge in [0.1, 0.15) is 17.5 Å². The molecule has 5 rings (SSSR count). The summed E-state index contributed by atoms with van der Waals surface area (Å²) in [4.78, 5) is 10.8. The fraction of sp³-hybridized carbons (Fsp3) is 0.231. The number of hydrogen-bond donors (Lipinski definition) is 2. The molecule has 0 radical (unpaired) electrons. The summed E-state index contributed by atoms with van der Waals surface area (Å²) < 4.78 is 79.0. The number of morpholine rings is 1. The van der Waals surface area contributed by atoms with Crippen LogP contribution in [0.2, 0.25) is 0 Å². The van der Waals surface area contributed by atoms with Crippen molar-refractivity contribution >= 4 is 33.1 Å². The largest absolute Gasteiger partial charge is 0.379 e. The number of pyridine rings is 1. The smallest absolute Gasteiger partial charge is 0.183 e. The summed E-state index contributed by atoms with van der Waals surface area (Å²) >= 11 is 1.23. The first-order valence-electron chi connectivity index (χ1n) is 12.0. The molecule has 1 atom stereocenters. The zero-order valence-corrected chi connectivity index (χ0v) is 22.1. The molecule has 2 aromatic carbocycles. The van der Waals surface area contributed by atoms with E-state index in [1.807, 2.05) is 0 Å². The third-order valence-corrected chi connectivity index (χ3v) is 8.18. The highest BCUT2D eigenvalue weighted by Gasteiger charge is 2.25. The molecule has 1 saturated heterocycles. The second-order valence-corrected chi connectivity index (χ2v) is 10.7. The molecular formula is C26H23F4N5O2S2. The molecule has 3 heterocycles. The number of benzene rings is 2. The molecule has 2 aromatic heterocycles. The standard InChI is InChI=1S/C26H23F4N5O2S2/c27-17-1-2-18(28)21(15-17)39(36)34-20-4-3-19(29)22(23(20)30)24-25(16-5-7-31-8-6-16)38-26(33-24)32-9-10-35-11-13-37-14-12-35/h1-8,15,34H,9-14H2,(H,32,33). The molecular weight excluding hydrogens is 554 g/mol. The minimum absolute atomic E-state index is 0.0430. The number of thiazole rings is 1. The van der Waals surface area contributed by atoms with Crippen LogP contribution in [0.3, 0.4) is 0 Å². The van der Waals surface area contributed by atoms with Crippen molar-refractivity contribution in [1.29, 1.82) is 0 Å². The lowest BCUT2D eigenvalue weighted by atomic mass is 10.1. The van der Waals surface area contributed by atoms with Crippen molar-refractivity contribution in [3.05, 3.63) is 78.1 Å². The Morgan fingerprint density at radius 1 is 1.00 bits per heavy atom. The summed E-state index contributed by atoms with van der Waals surface area (Å²) in [7, 11) is -2.36. The Hall–Kier alpha value is -3.39. The normalized spacial score (nSPS) is 14.8. The van der Waals surface area contributed by atoms with Crippen molar-refractivity contribution in [2.75, 3.05) is 49.4 Å². The Morgan fingerprint density at radius 2 is 1.74 bits per heavy atom. The van der Waals surface area contributed by atoms with Crippen LogP contribution < -0.4 is 10.0 Å². The number of rotatable bonds is 9. The van der Waals surface area contributed by atoms with Crippen molar-refractivity contribution in [2.45, 2.75) is 4.90 Å². The lowest BCUT2D eigenvalue weighted by Crippen LogP contribution is -2.38. The first-order valence-corrected chi connectivity index (χ1v) is 13.9. The van der Waals surface area contributed by atoms with Crippen molar-refractivity contribution in [2.24, 2.45) is 0 Å². The number of nitrogens with one attached hydrogen (secondary N) is 2. The number of hydrogen-bond acceptors (Lipinski definition) is 7. The van der Waals surface area contributed by atoms with E-state index in [4.69, 9.17) is 4.74 Å². The lowest BCUT2D eigenvalue weighted by molar-refractivity contribution is 0.0398. The Labute approximate surface area is 228 Å². The fourth-order valence-electron chi connectivity index (χ4n) is 4.03. The van der Waals surface area contributed by atoms with E-state index >= 15 is 8.78 Å². The number of halogens is 4. The van der Waals surface area contributed by atoms with Gasteiger partial charge in [0.2, 0.25) is 0 Å². The molecule has 7 nitrogen and oxygen atoms in total. The zero-order chi connectivity index (χ0) is 27.4. The van der Waals surface area contributed by atoms with E-state index in [2.05, 4.69) is 24.9 Å². The van der Waals surface area contributed by atoms with Gasteiger partial charge in [-0.2, -0.15) is 0 Å². The molecule has 4 aromatic rings. The van der Waals surface area contributed by atoms with Gasteiger partial charge in [0, 0.05) is 38.6 Å². The van der Waals surface area contributed by atoms with Crippen LogP contribution in [-0.4, -0.2) is 58.5 Å². The molecule has 204 valence electrons. The van der Waals surface area contributed by atoms with E-state index in [0.29, 0.717) is 35.3 Å². The monoisotopic (exact) mass is 577 g/mol. The number of aromatic nitrogens is 2. The van der Waals surface area contributed by atoms with Crippen LogP contribution in [-0.2, 0) is 15.7 Å². The van der Waals surface area contributed by atoms with Crippen LogP contribution >= 0.6 is 11.3 Å². The van der Waals surface area contributed by atoms with Crippen molar-refractivity contribution in [3.8, 4) is 21.7 Å². The summed E-state index contributed by atoms with van der Waals surface area (Å²) in [6.45, 7) is 4.30. The van der Waals surface area contributed by atoms with E-state index < -0.39 is 44.7 Å². The number of ether oxygens (including phenoxy) is 1. The average molecular weight is 578 g/mol. The highest BCUT2D eigenvalue weighted by atomic mass is 32.2. The van der Waals surface area contributed by atoms with Crippen LogP contribution in [0.1, 0.15) is 0 Å². The quantitative estimate of drug-likeness (QED) is 0.263. The molecule has 0 spiro atoms. The minimum atomic E-state index is -2.36. The first-order chi connectivity index (χ1) is 18.9. The molecule has 1 aliphatic rings. The summed E-state index contributed by atoms with van der Waals surface area (Å²) in [5.41, 5.74) is -0.104. The van der Waals surface area contributed by atoms with Gasteiger partial charge < -0.3 is 10.1 Å². The maximum atomic E-state index is 15.8. The SMILES string of the molecule is O=S(Nc1ccc(F)c(-c2nc(NCCN3CCOCC3)sc2-c2ccncc2)c1F)c1cc(F)ccc1F. The lowest BCUT2D eigenvalue weighted by Gasteiger charge is -2.26. The highest BCUT2D eigenvalue weighted by Crippen LogP contribution is 2.42. The molecule has 0 aliphatic carbocycles. The second-order valence-electron chi connectivity index (χ2n) is 8.54. The summed E-state index contributed by atoms with van der Waals surface area (Å²) in [6, 6.07) is 7.90. The number of nitrogens with zero attached hydrogens (tertiary/aromatic N) is 3. The molecule has 2 N–H and O–H groups in total. The molecule has 0 saturated carbocycles. The minimum Gasteiger partial charge on any atom is -0.379 e. The predicted molar refractivity (Wildman–Crippen MR) is 143 cm³/mol. The van der Waals surface area contributed by atoms with Gasteiger partial charge >= 0.3 is 0 Å². The summed E-state index contributed by atoms with van der Waals surface area (Å²) in [5, 5.41) is 3.70. The third-order valence-electron chi connectivity index (χ3n) is 6.00. The summed E-state index contributed by atoms with van der Waals surface area (Å²) in [6.07, 6.45) is 3.12. The molecule has 0 bridgehead atoms. The average Bonchev–Trinajstić information content (AvgIpc) is 3.36. The summed E-state index contributed by atoms with van der Waals surface area (Å²) in [5.74, 6) is -3.70. The van der Waals surface area contributed by atoms with E-state index in [9.17, 15) is 13.0 Å². The predicted octanol–water partition coefficient (Wildman–Crippen LogP) is 5.31. The topological polar surface area (TPSA) is 79.4 Å². The van der Waals surface area contributed by atoms with E-state index in [1.54, 1.807) is 24.5 Å². The number of anilines is 2. The van der Waals surface area contributed by atoms with Gasteiger partial charge in [0.05, 0.1) is 39.9 Å². The Balaban J connectivity index is 1.47. The molecule has 1 aliphatic heterocycles. The molecule has 1 fully saturated rings. The van der Waals surface area contributed by atoms with Gasteiger partial charge in [-0.25, -0.2) is 26.8 Å². The Bertz CT molecular complexity index is 1480. The van der Waals surface area contributed by atoms with E-state index in [-0.39, 0.29) is 11.4 Å². The van der Waals surface area contributed by atoms with Crippen molar-refractivity contribution in [1.82, 2.24) is 14.9 Å². The third kappa shape index (κ3) is 6.27. The maximum absolute atomic E-state index is 15.8. The zero-order valence-electron chi connectivity index (χ0n) is 20.4. The Morgan fingerprint density at radius 3 is 2.51 bits per heavy atom. The van der Waals surface area contributed by atoms with Crippen LogP contribution in [0, 0.1) is 23.3 Å². The van der Waals surface area contributed by atoms with Gasteiger partial charge in [-0.3, -0.25) is 14.6 Å². The van der Waals surface area contributed by atoms with Crippen molar-refractivity contribution < 1.29 is 26.5 Å². The van der Waals surface area contributed by atoms with Gasteiger partial charge in [-0.05, 0) is 48.0 Å². The van der Waals surface area contributed by atoms with E-state index in [1.165, 1.54) is 11.3 Å². The van der Waals surface area contributed by atoms with E-state index in [0.717, 1.165) is 50.0 Å². The molecule has 1 unspecified atom stereocenters. The molecule has 0 amide bonds. The van der Waals surface area contributed by atoms with Crippen LogP contribution in [0.4, 0.5) is 28.4 Å². The van der Waals surface area contributed by atoms with Crippen LogP contribution in [0.25, 0.3) is 21.7 Å². The Kier molecular flexibility index (Phi) is 8.50. The van der Waals surface area contributed by atoms with Gasteiger partial charge in [0.15, 0.2) is 21.9 Å². The van der Waals surface area contributed by atoms with Gasteiger partial charge in [-0.15, -0.1) is 0 Å². The highest BCUT2D eigenvalue weighted by molar-refractivity contribution is 7.86. The van der Waals surface area contributed by atoms with Crippen LogP contribution in [0.15, 0.2) is 59.8 Å². The maximum Gasteiger partial charge on any atom is 0.183 e. The molecule has 13 heteroatoms. The van der Waals surface area contributed by atoms with Crippen LogP contribution in [0.5, 0.6) is 0 Å².